The molecular weight excluding hydrogens is 376 g/mol. The molecule has 0 aliphatic heterocycles. The number of fused-ring (bicyclic) bond motifs is 1. The van der Waals surface area contributed by atoms with Crippen molar-refractivity contribution < 1.29 is 18.7 Å². The first-order valence-corrected chi connectivity index (χ1v) is 8.51. The van der Waals surface area contributed by atoms with Gasteiger partial charge in [0.1, 0.15) is 18.2 Å². The van der Waals surface area contributed by atoms with Crippen molar-refractivity contribution in [3.63, 3.8) is 0 Å². The van der Waals surface area contributed by atoms with Gasteiger partial charge in [0.25, 0.3) is 10.7 Å². The molecule has 0 unspecified atom stereocenters. The van der Waals surface area contributed by atoms with E-state index in [9.17, 15) is 10.1 Å². The highest BCUT2D eigenvalue weighted by Gasteiger charge is 2.18. The number of hydrogen-bond donors (Lipinski definition) is 0. The molecule has 2 aromatic carbocycles. The molecule has 0 aliphatic carbocycles. The maximum absolute atomic E-state index is 12.9. The van der Waals surface area contributed by atoms with Gasteiger partial charge in [0.05, 0.1) is 12.6 Å². The van der Waals surface area contributed by atoms with Crippen molar-refractivity contribution in [1.82, 2.24) is 4.57 Å². The van der Waals surface area contributed by atoms with E-state index in [1.54, 1.807) is 42.5 Å². The maximum atomic E-state index is 12.9. The SMILES string of the molecule is C#CCOc1ccc(C=C(C#N)C(=O)n2c(=S)oc3ccccc32)cc1OC. The molecule has 0 amide bonds. The van der Waals surface area contributed by atoms with Gasteiger partial charge in [-0.3, -0.25) is 4.79 Å². The number of aromatic nitrogens is 1. The van der Waals surface area contributed by atoms with Crippen molar-refractivity contribution in [2.75, 3.05) is 13.7 Å². The minimum Gasteiger partial charge on any atom is -0.493 e. The van der Waals surface area contributed by atoms with Crippen molar-refractivity contribution in [3.05, 3.63) is 58.4 Å². The van der Waals surface area contributed by atoms with E-state index >= 15 is 0 Å². The fourth-order valence-corrected chi connectivity index (χ4v) is 2.87. The van der Waals surface area contributed by atoms with Crippen LogP contribution in [0.2, 0.25) is 0 Å². The zero-order chi connectivity index (χ0) is 20.1. The summed E-state index contributed by atoms with van der Waals surface area (Å²) in [5.74, 6) is 2.69. The van der Waals surface area contributed by atoms with Crippen molar-refractivity contribution >= 4 is 35.3 Å². The zero-order valence-corrected chi connectivity index (χ0v) is 15.7. The van der Waals surface area contributed by atoms with Crippen LogP contribution in [0, 0.1) is 28.5 Å². The van der Waals surface area contributed by atoms with Crippen LogP contribution in [0.25, 0.3) is 17.2 Å². The number of terminal acetylenes is 1. The van der Waals surface area contributed by atoms with Gasteiger partial charge >= 0.3 is 0 Å². The van der Waals surface area contributed by atoms with E-state index < -0.39 is 5.91 Å². The Hall–Kier alpha value is -3.81. The second kappa shape index (κ2) is 8.26. The summed E-state index contributed by atoms with van der Waals surface area (Å²) in [6, 6.07) is 13.8. The third-order valence-electron chi connectivity index (χ3n) is 3.85. The first-order chi connectivity index (χ1) is 13.6. The number of oxazole rings is 1. The second-order valence-corrected chi connectivity index (χ2v) is 5.90. The number of carbonyl (C=O) groups is 1. The van der Waals surface area contributed by atoms with Crippen LogP contribution < -0.4 is 9.47 Å². The molecule has 0 radical (unpaired) electrons. The van der Waals surface area contributed by atoms with Gasteiger partial charge in [0.2, 0.25) is 0 Å². The molecule has 0 saturated carbocycles. The molecule has 0 saturated heterocycles. The van der Waals surface area contributed by atoms with Gasteiger partial charge in [-0.05, 0) is 48.1 Å². The van der Waals surface area contributed by atoms with Crippen LogP contribution in [0.4, 0.5) is 0 Å². The molecule has 0 aliphatic rings. The Balaban J connectivity index is 2.01. The fraction of sp³-hybridized carbons (Fsp3) is 0.0952. The van der Waals surface area contributed by atoms with Crippen LogP contribution in [0.15, 0.2) is 52.5 Å². The molecule has 0 bridgehead atoms. The summed E-state index contributed by atoms with van der Waals surface area (Å²) < 4.78 is 17.3. The molecule has 0 N–H and O–H groups in total. The van der Waals surface area contributed by atoms with Gasteiger partial charge < -0.3 is 13.9 Å². The molecule has 0 atom stereocenters. The third-order valence-corrected chi connectivity index (χ3v) is 4.12. The number of allylic oxidation sites excluding steroid dienone is 1. The van der Waals surface area contributed by atoms with Gasteiger partial charge in [0.15, 0.2) is 17.1 Å². The van der Waals surface area contributed by atoms with E-state index in [2.05, 4.69) is 5.92 Å². The molecular formula is C21H14N2O4S. The Morgan fingerprint density at radius 2 is 2.11 bits per heavy atom. The number of carbonyl (C=O) groups excluding carboxylic acids is 1. The lowest BCUT2D eigenvalue weighted by Crippen LogP contribution is -2.12. The number of methoxy groups -OCH3 is 1. The summed E-state index contributed by atoms with van der Waals surface area (Å²) >= 11 is 5.14. The Labute approximate surface area is 166 Å². The molecule has 1 heterocycles. The highest BCUT2D eigenvalue weighted by atomic mass is 32.1. The second-order valence-electron chi connectivity index (χ2n) is 5.55. The summed E-state index contributed by atoms with van der Waals surface area (Å²) in [7, 11) is 1.48. The van der Waals surface area contributed by atoms with Crippen molar-refractivity contribution in [2.45, 2.75) is 0 Å². The Morgan fingerprint density at radius 3 is 2.82 bits per heavy atom. The molecule has 3 aromatic rings. The highest BCUT2D eigenvalue weighted by Crippen LogP contribution is 2.29. The quantitative estimate of drug-likeness (QED) is 0.281. The topological polar surface area (TPSA) is 77.4 Å². The predicted octanol–water partition coefficient (Wildman–Crippen LogP) is 4.23. The molecule has 7 heteroatoms. The Bertz CT molecular complexity index is 1220. The number of hydrogen-bond acceptors (Lipinski definition) is 6. The first-order valence-electron chi connectivity index (χ1n) is 8.10. The first kappa shape index (κ1) is 19.0. The van der Waals surface area contributed by atoms with Crippen LogP contribution in [-0.4, -0.2) is 24.2 Å². The minimum absolute atomic E-state index is 0.0250. The summed E-state index contributed by atoms with van der Waals surface area (Å²) in [6.45, 7) is 0.0965. The van der Waals surface area contributed by atoms with E-state index in [4.69, 9.17) is 32.5 Å². The standard InChI is InChI=1S/C21H14N2O4S/c1-3-10-26-18-9-8-14(12-19(18)25-2)11-15(13-22)20(24)23-16-6-4-5-7-17(16)27-21(23)28/h1,4-9,11-12H,10H2,2H3. The summed E-state index contributed by atoms with van der Waals surface area (Å²) in [5, 5.41) is 9.52. The number of benzene rings is 2. The van der Waals surface area contributed by atoms with E-state index in [0.717, 1.165) is 0 Å². The van der Waals surface area contributed by atoms with Crippen LogP contribution in [0.3, 0.4) is 0 Å². The maximum Gasteiger partial charge on any atom is 0.276 e. The van der Waals surface area contributed by atoms with Crippen LogP contribution in [-0.2, 0) is 0 Å². The number of ether oxygens (including phenoxy) is 2. The van der Waals surface area contributed by atoms with Crippen LogP contribution in [0.1, 0.15) is 10.4 Å². The van der Waals surface area contributed by atoms with Crippen molar-refractivity contribution in [1.29, 1.82) is 5.26 Å². The Morgan fingerprint density at radius 1 is 1.32 bits per heavy atom. The molecule has 6 nitrogen and oxygen atoms in total. The van der Waals surface area contributed by atoms with E-state index in [-0.39, 0.29) is 17.0 Å². The van der Waals surface area contributed by atoms with Gasteiger partial charge in [-0.2, -0.15) is 5.26 Å². The number of nitrogens with zero attached hydrogens (tertiary/aromatic N) is 2. The molecule has 138 valence electrons. The molecule has 28 heavy (non-hydrogen) atoms. The van der Waals surface area contributed by atoms with Crippen LogP contribution >= 0.6 is 12.2 Å². The monoisotopic (exact) mass is 390 g/mol. The summed E-state index contributed by atoms with van der Waals surface area (Å²) in [5.41, 5.74) is 1.43. The van der Waals surface area contributed by atoms with E-state index in [1.807, 2.05) is 6.07 Å². The third kappa shape index (κ3) is 3.66. The number of rotatable bonds is 5. The fourth-order valence-electron chi connectivity index (χ4n) is 2.60. The van der Waals surface area contributed by atoms with Crippen LogP contribution in [0.5, 0.6) is 11.5 Å². The van der Waals surface area contributed by atoms with Crippen molar-refractivity contribution in [2.24, 2.45) is 0 Å². The molecule has 3 rings (SSSR count). The molecule has 0 spiro atoms. The molecule has 1 aromatic heterocycles. The predicted molar refractivity (Wildman–Crippen MR) is 107 cm³/mol. The lowest BCUT2D eigenvalue weighted by atomic mass is 10.1. The van der Waals surface area contributed by atoms with Gasteiger partial charge in [-0.15, -0.1) is 6.42 Å². The highest BCUT2D eigenvalue weighted by molar-refractivity contribution is 7.71. The average Bonchev–Trinajstić information content (AvgIpc) is 3.05. The normalized spacial score (nSPS) is 10.9. The van der Waals surface area contributed by atoms with Gasteiger partial charge in [0, 0.05) is 0 Å². The minimum atomic E-state index is -0.580. The van der Waals surface area contributed by atoms with Gasteiger partial charge in [-0.25, -0.2) is 4.57 Å². The number of nitriles is 1. The molecule has 0 fully saturated rings. The summed E-state index contributed by atoms with van der Waals surface area (Å²) in [4.78, 5) is 12.9. The summed E-state index contributed by atoms with van der Waals surface area (Å²) in [6.07, 6.45) is 6.64. The van der Waals surface area contributed by atoms with E-state index in [0.29, 0.717) is 28.2 Å². The zero-order valence-electron chi connectivity index (χ0n) is 14.8. The number of para-hydroxylation sites is 2. The van der Waals surface area contributed by atoms with E-state index in [1.165, 1.54) is 17.8 Å². The lowest BCUT2D eigenvalue weighted by molar-refractivity contribution is 0.0960. The van der Waals surface area contributed by atoms with Gasteiger partial charge in [-0.1, -0.05) is 24.1 Å². The Kier molecular flexibility index (Phi) is 5.59. The van der Waals surface area contributed by atoms with Crippen molar-refractivity contribution in [3.8, 4) is 29.9 Å². The largest absolute Gasteiger partial charge is 0.493 e. The average molecular weight is 390 g/mol. The smallest absolute Gasteiger partial charge is 0.276 e. The lowest BCUT2D eigenvalue weighted by Gasteiger charge is -2.09.